The first kappa shape index (κ1) is 31.2. The summed E-state index contributed by atoms with van der Waals surface area (Å²) in [6, 6.07) is 15.3. The Hall–Kier alpha value is -3.99. The van der Waals surface area contributed by atoms with E-state index >= 15 is 0 Å². The fraction of sp³-hybridized carbons (Fsp3) is 0.120. The minimum Gasteiger partial charge on any atom is -0.445 e. The molecule has 206 valence electrons. The largest absolute Gasteiger partial charge is 0.515 e. The summed E-state index contributed by atoms with van der Waals surface area (Å²) in [6.45, 7) is -5.00. The summed E-state index contributed by atoms with van der Waals surface area (Å²) in [7, 11) is -2.60. The third-order valence-corrected chi connectivity index (χ3v) is 5.95. The van der Waals surface area contributed by atoms with Gasteiger partial charge in [0.15, 0.2) is 38.4 Å². The van der Waals surface area contributed by atoms with Crippen molar-refractivity contribution in [3.63, 3.8) is 0 Å². The van der Waals surface area contributed by atoms with Crippen LogP contribution in [-0.2, 0) is 18.9 Å². The Morgan fingerprint density at radius 1 is 0.821 bits per heavy atom. The first-order valence-corrected chi connectivity index (χ1v) is 12.7. The zero-order valence-corrected chi connectivity index (χ0v) is 20.9. The molecule has 39 heavy (non-hydrogen) atoms. The monoisotopic (exact) mass is 576 g/mol. The van der Waals surface area contributed by atoms with Crippen LogP contribution in [-0.4, -0.2) is 30.7 Å². The van der Waals surface area contributed by atoms with Crippen molar-refractivity contribution in [1.29, 1.82) is 0 Å². The second kappa shape index (κ2) is 12.7. The van der Waals surface area contributed by atoms with Gasteiger partial charge in [0.1, 0.15) is 23.6 Å². The Bertz CT molecular complexity index is 1450. The van der Waals surface area contributed by atoms with Gasteiger partial charge in [-0.15, -0.1) is 0 Å². The number of rotatable bonds is 5. The van der Waals surface area contributed by atoms with Gasteiger partial charge in [0.25, 0.3) is 0 Å². The highest BCUT2D eigenvalue weighted by Gasteiger charge is 2.37. The molecule has 0 N–H and O–H groups in total. The maximum atomic E-state index is 12.5. The number of hydrogen-bond acceptors (Lipinski definition) is 4. The third kappa shape index (κ3) is 8.78. The first-order valence-electron chi connectivity index (χ1n) is 10.6. The Labute approximate surface area is 218 Å². The van der Waals surface area contributed by atoms with Gasteiger partial charge in [0, 0.05) is 18.1 Å². The van der Waals surface area contributed by atoms with Crippen LogP contribution in [0.25, 0.3) is 0 Å². The highest BCUT2D eigenvalue weighted by molar-refractivity contribution is 8.07. The lowest BCUT2D eigenvalue weighted by atomic mass is 9.79. The quantitative estimate of drug-likeness (QED) is 0.0472. The predicted molar refractivity (Wildman–Crippen MR) is 129 cm³/mol. The zero-order valence-electron chi connectivity index (χ0n) is 20.0. The van der Waals surface area contributed by atoms with E-state index in [9.17, 15) is 48.7 Å². The van der Waals surface area contributed by atoms with Crippen molar-refractivity contribution >= 4 is 34.1 Å². The summed E-state index contributed by atoms with van der Waals surface area (Å²) in [5, 5.41) is 2.70. The van der Waals surface area contributed by atoms with Crippen LogP contribution in [0.3, 0.4) is 0 Å². The average molecular weight is 576 g/mol. The molecule has 4 nitrogen and oxygen atoms in total. The fourth-order valence-electron chi connectivity index (χ4n) is 2.84. The van der Waals surface area contributed by atoms with E-state index in [0.717, 1.165) is 5.56 Å². The normalized spacial score (nSPS) is 12.3. The van der Waals surface area contributed by atoms with Crippen molar-refractivity contribution in [2.75, 3.05) is 12.0 Å². The maximum Gasteiger partial charge on any atom is 0.515 e. The van der Waals surface area contributed by atoms with Gasteiger partial charge in [0.2, 0.25) is 5.78 Å². The van der Waals surface area contributed by atoms with Crippen LogP contribution in [0.5, 0.6) is 5.75 Å². The SMILES string of the molecule is CC(=O)Oc1ccc(C(=O)C[S+](C)(=O)C#Cc2ccccc2)cc1.Fc1c(F)c(F)c([B-](F)(F)F)c(F)c1F. The number of Topliss-reactive ketones (excluding diaryl/α,β-unsaturated/α-hetero) is 1. The van der Waals surface area contributed by atoms with E-state index in [0.29, 0.717) is 11.3 Å². The van der Waals surface area contributed by atoms with Crippen LogP contribution in [0.1, 0.15) is 22.8 Å². The van der Waals surface area contributed by atoms with Gasteiger partial charge in [-0.05, 0) is 47.8 Å². The van der Waals surface area contributed by atoms with Gasteiger partial charge in [-0.3, -0.25) is 9.59 Å². The van der Waals surface area contributed by atoms with E-state index < -0.39 is 57.4 Å². The van der Waals surface area contributed by atoms with Crippen LogP contribution in [0.2, 0.25) is 0 Å². The standard InChI is InChI=1S/C19H17O4S.C6BF8/c1-15(20)23-18-10-8-17(9-11-18)19(21)14-24(2,22)13-12-16-6-4-3-5-7-16;8-2-1(7(13,14)15)3(9)5(11)6(12)4(2)10/h3-11H,14H2,1-2H3;/q+1;-1. The number of carbonyl (C=O) groups is 2. The molecule has 1 atom stereocenters. The molecule has 3 aromatic rings. The minimum atomic E-state index is -6.30. The fourth-order valence-corrected chi connectivity index (χ4v) is 3.91. The topological polar surface area (TPSA) is 60.4 Å². The smallest absolute Gasteiger partial charge is 0.445 e. The van der Waals surface area contributed by atoms with Crippen molar-refractivity contribution < 1.29 is 53.4 Å². The molecule has 0 heterocycles. The molecule has 0 radical (unpaired) electrons. The summed E-state index contributed by atoms with van der Waals surface area (Å²) in [5.41, 5.74) is -1.57. The molecule has 0 spiro atoms. The number of esters is 1. The molecule has 0 saturated heterocycles. The van der Waals surface area contributed by atoms with E-state index in [1.54, 1.807) is 12.1 Å². The lowest BCUT2D eigenvalue weighted by Gasteiger charge is -2.17. The van der Waals surface area contributed by atoms with Gasteiger partial charge >= 0.3 is 12.9 Å². The predicted octanol–water partition coefficient (Wildman–Crippen LogP) is 5.37. The van der Waals surface area contributed by atoms with Crippen molar-refractivity contribution in [2.24, 2.45) is 0 Å². The highest BCUT2D eigenvalue weighted by atomic mass is 32.2. The van der Waals surface area contributed by atoms with Crippen molar-refractivity contribution in [3.05, 3.63) is 94.8 Å². The minimum absolute atomic E-state index is 0.153. The van der Waals surface area contributed by atoms with E-state index in [-0.39, 0.29) is 11.5 Å². The molecular formula is C25H17BF8O4S. The van der Waals surface area contributed by atoms with Crippen LogP contribution < -0.4 is 10.2 Å². The number of hydrogen-bond donors (Lipinski definition) is 0. The van der Waals surface area contributed by atoms with E-state index in [2.05, 4.69) is 11.2 Å². The van der Waals surface area contributed by atoms with Gasteiger partial charge in [-0.2, -0.15) is 0 Å². The average Bonchev–Trinajstić information content (AvgIpc) is 2.85. The second-order valence-corrected chi connectivity index (χ2v) is 10.3. The van der Waals surface area contributed by atoms with E-state index in [1.165, 1.54) is 25.3 Å². The Morgan fingerprint density at radius 2 is 1.31 bits per heavy atom. The Balaban J connectivity index is 0.000000306. The summed E-state index contributed by atoms with van der Waals surface area (Å²) in [4.78, 5) is 23.1. The van der Waals surface area contributed by atoms with Crippen molar-refractivity contribution in [3.8, 4) is 16.9 Å². The van der Waals surface area contributed by atoms with Crippen LogP contribution in [0.15, 0.2) is 54.6 Å². The summed E-state index contributed by atoms with van der Waals surface area (Å²) in [5.74, 6) is -11.2. The number of benzene rings is 3. The summed E-state index contributed by atoms with van der Waals surface area (Å²) in [6.07, 6.45) is 1.48. The molecule has 0 bridgehead atoms. The molecule has 0 amide bonds. The third-order valence-electron chi connectivity index (χ3n) is 4.60. The van der Waals surface area contributed by atoms with Gasteiger partial charge in [0.05, 0.1) is 0 Å². The molecule has 0 aliphatic rings. The Morgan fingerprint density at radius 3 is 1.77 bits per heavy atom. The van der Waals surface area contributed by atoms with Crippen LogP contribution in [0, 0.1) is 40.3 Å². The number of carbonyl (C=O) groups excluding carboxylic acids is 2. The molecule has 0 aliphatic carbocycles. The van der Waals surface area contributed by atoms with Gasteiger partial charge < -0.3 is 17.7 Å². The maximum absolute atomic E-state index is 12.5. The van der Waals surface area contributed by atoms with Crippen molar-refractivity contribution in [1.82, 2.24) is 0 Å². The molecule has 3 rings (SSSR count). The lowest BCUT2D eigenvalue weighted by Crippen LogP contribution is -2.41. The van der Waals surface area contributed by atoms with E-state index in [4.69, 9.17) is 4.74 Å². The van der Waals surface area contributed by atoms with Gasteiger partial charge in [-0.25, -0.2) is 22.0 Å². The molecule has 3 aromatic carbocycles. The highest BCUT2D eigenvalue weighted by Crippen LogP contribution is 2.21. The second-order valence-electron chi connectivity index (χ2n) is 7.84. The molecular weight excluding hydrogens is 559 g/mol. The summed E-state index contributed by atoms with van der Waals surface area (Å²) < 4.78 is 115. The summed E-state index contributed by atoms with van der Waals surface area (Å²) >= 11 is 0. The molecule has 0 saturated carbocycles. The number of halogens is 8. The van der Waals surface area contributed by atoms with E-state index in [1.807, 2.05) is 30.3 Å². The van der Waals surface area contributed by atoms with Gasteiger partial charge in [-0.1, -0.05) is 22.4 Å². The molecule has 0 aliphatic heterocycles. The molecule has 0 aromatic heterocycles. The van der Waals surface area contributed by atoms with Crippen LogP contribution in [0.4, 0.5) is 34.9 Å². The number of ether oxygens (including phenoxy) is 1. The zero-order chi connectivity index (χ0) is 29.5. The molecule has 0 fully saturated rings. The first-order chi connectivity index (χ1) is 18.0. The van der Waals surface area contributed by atoms with Crippen molar-refractivity contribution in [2.45, 2.75) is 6.92 Å². The number of ketones is 1. The van der Waals surface area contributed by atoms with Crippen LogP contribution >= 0.6 is 0 Å². The Kier molecular flexibility index (Phi) is 10.2. The molecule has 1 unspecified atom stereocenters. The molecule has 14 heteroatoms. The lowest BCUT2D eigenvalue weighted by molar-refractivity contribution is -0.131.